The number of thiocarbonyl (C=S) groups is 1. The predicted molar refractivity (Wildman–Crippen MR) is 114 cm³/mol. The first-order valence-corrected chi connectivity index (χ1v) is 9.95. The number of nitrogens with zero attached hydrogens (tertiary/aromatic N) is 4. The van der Waals surface area contributed by atoms with E-state index in [1.807, 2.05) is 6.07 Å². The summed E-state index contributed by atoms with van der Waals surface area (Å²) in [5.74, 6) is 0.480. The van der Waals surface area contributed by atoms with Crippen molar-refractivity contribution in [1.29, 1.82) is 5.26 Å². The summed E-state index contributed by atoms with van der Waals surface area (Å²) in [5.41, 5.74) is 0.964. The fraction of sp³-hybridized carbons (Fsp3) is 0.368. The number of rotatable bonds is 4. The monoisotopic (exact) mass is 416 g/mol. The van der Waals surface area contributed by atoms with Crippen molar-refractivity contribution in [2.45, 2.75) is 6.92 Å². The molecule has 2 saturated heterocycles. The number of ether oxygens (including phenoxy) is 1. The maximum atomic E-state index is 12.7. The van der Waals surface area contributed by atoms with Crippen molar-refractivity contribution in [2.75, 3.05) is 37.7 Å². The van der Waals surface area contributed by atoms with Crippen LogP contribution in [0.2, 0.25) is 0 Å². The van der Waals surface area contributed by atoms with Gasteiger partial charge in [0.05, 0.1) is 18.1 Å². The standard InChI is InChI=1S/C19H20N4O3S2/c1-4-5-23-18(25)15(28-19(23)27)10-13-12(2)14(11-20)17(24)21(3)16(13)22-6-8-26-9-7-22/h4,10H,1,5-9H2,2-3H3. The van der Waals surface area contributed by atoms with Gasteiger partial charge in [-0.3, -0.25) is 19.1 Å². The molecule has 0 saturated carbocycles. The molecule has 9 heteroatoms. The average Bonchev–Trinajstić information content (AvgIpc) is 2.95. The molecular formula is C19H20N4O3S2. The minimum absolute atomic E-state index is 0.0762. The minimum atomic E-state index is -0.349. The van der Waals surface area contributed by atoms with Crippen molar-refractivity contribution in [3.05, 3.63) is 44.6 Å². The van der Waals surface area contributed by atoms with Gasteiger partial charge >= 0.3 is 0 Å². The van der Waals surface area contributed by atoms with Gasteiger partial charge in [-0.1, -0.05) is 30.1 Å². The molecule has 2 fully saturated rings. The molecule has 1 amide bonds. The van der Waals surface area contributed by atoms with Gasteiger partial charge in [-0.2, -0.15) is 5.26 Å². The third-order valence-corrected chi connectivity index (χ3v) is 6.12. The van der Waals surface area contributed by atoms with Crippen LogP contribution in [0.1, 0.15) is 16.7 Å². The number of pyridine rings is 1. The Kier molecular flexibility index (Phi) is 6.03. The quantitative estimate of drug-likeness (QED) is 0.421. The van der Waals surface area contributed by atoms with E-state index in [2.05, 4.69) is 11.5 Å². The van der Waals surface area contributed by atoms with E-state index in [0.29, 0.717) is 59.0 Å². The number of nitriles is 1. The topological polar surface area (TPSA) is 78.6 Å². The molecule has 146 valence electrons. The summed E-state index contributed by atoms with van der Waals surface area (Å²) in [6, 6.07) is 2.00. The number of carbonyl (C=O) groups is 1. The number of hydrogen-bond acceptors (Lipinski definition) is 7. The van der Waals surface area contributed by atoms with Crippen LogP contribution in [0.25, 0.3) is 6.08 Å². The zero-order valence-corrected chi connectivity index (χ0v) is 17.4. The Bertz CT molecular complexity index is 984. The molecule has 0 atom stereocenters. The van der Waals surface area contributed by atoms with Gasteiger partial charge in [0.25, 0.3) is 11.5 Å². The Balaban J connectivity index is 2.19. The second-order valence-electron chi connectivity index (χ2n) is 6.39. The lowest BCUT2D eigenvalue weighted by Crippen LogP contribution is -2.40. The van der Waals surface area contributed by atoms with Crippen molar-refractivity contribution in [3.63, 3.8) is 0 Å². The second-order valence-corrected chi connectivity index (χ2v) is 8.07. The summed E-state index contributed by atoms with van der Waals surface area (Å²) in [6.07, 6.45) is 3.36. The maximum Gasteiger partial charge on any atom is 0.270 e. The molecule has 3 heterocycles. The highest BCUT2D eigenvalue weighted by molar-refractivity contribution is 8.26. The summed E-state index contributed by atoms with van der Waals surface area (Å²) in [5, 5.41) is 9.49. The Hall–Kier alpha value is -2.41. The van der Waals surface area contributed by atoms with Gasteiger partial charge in [-0.15, -0.1) is 6.58 Å². The lowest BCUT2D eigenvalue weighted by Gasteiger charge is -2.32. The first-order valence-electron chi connectivity index (χ1n) is 8.73. The number of hydrogen-bond donors (Lipinski definition) is 0. The second kappa shape index (κ2) is 8.31. The van der Waals surface area contributed by atoms with E-state index in [1.54, 1.807) is 26.1 Å². The number of amides is 1. The first kappa shape index (κ1) is 20.3. The van der Waals surface area contributed by atoms with Crippen LogP contribution >= 0.6 is 24.0 Å². The first-order chi connectivity index (χ1) is 13.4. The largest absolute Gasteiger partial charge is 0.378 e. The van der Waals surface area contributed by atoms with E-state index in [4.69, 9.17) is 17.0 Å². The smallest absolute Gasteiger partial charge is 0.270 e. The van der Waals surface area contributed by atoms with Gasteiger partial charge in [-0.25, -0.2) is 0 Å². The van der Waals surface area contributed by atoms with Crippen molar-refractivity contribution in [3.8, 4) is 6.07 Å². The van der Waals surface area contributed by atoms with Crippen LogP contribution in [0.4, 0.5) is 5.82 Å². The third kappa shape index (κ3) is 3.51. The molecule has 3 rings (SSSR count). The fourth-order valence-electron chi connectivity index (χ4n) is 3.29. The van der Waals surface area contributed by atoms with Crippen LogP contribution in [-0.4, -0.2) is 52.5 Å². The summed E-state index contributed by atoms with van der Waals surface area (Å²) in [6.45, 7) is 8.08. The van der Waals surface area contributed by atoms with Crippen LogP contribution in [0.3, 0.4) is 0 Å². The van der Waals surface area contributed by atoms with Crippen LogP contribution in [-0.2, 0) is 16.6 Å². The molecule has 0 spiro atoms. The van der Waals surface area contributed by atoms with Crippen LogP contribution in [0.5, 0.6) is 0 Å². The zero-order valence-electron chi connectivity index (χ0n) is 15.7. The molecule has 1 aromatic heterocycles. The highest BCUT2D eigenvalue weighted by Crippen LogP contribution is 2.35. The Morgan fingerprint density at radius 1 is 1.36 bits per heavy atom. The highest BCUT2D eigenvalue weighted by Gasteiger charge is 2.32. The molecule has 0 aliphatic carbocycles. The molecule has 2 aliphatic rings. The zero-order chi connectivity index (χ0) is 20.4. The lowest BCUT2D eigenvalue weighted by atomic mass is 10.0. The minimum Gasteiger partial charge on any atom is -0.378 e. The maximum absolute atomic E-state index is 12.7. The van der Waals surface area contributed by atoms with Gasteiger partial charge < -0.3 is 9.64 Å². The Labute approximate surface area is 172 Å². The molecule has 0 unspecified atom stereocenters. The number of aromatic nitrogens is 1. The van der Waals surface area contributed by atoms with E-state index < -0.39 is 0 Å². The Morgan fingerprint density at radius 2 is 2.04 bits per heavy atom. The molecule has 7 nitrogen and oxygen atoms in total. The summed E-state index contributed by atoms with van der Waals surface area (Å²) in [7, 11) is 1.65. The van der Waals surface area contributed by atoms with E-state index >= 15 is 0 Å². The molecule has 2 aliphatic heterocycles. The van der Waals surface area contributed by atoms with E-state index in [9.17, 15) is 14.9 Å². The molecular weight excluding hydrogens is 396 g/mol. The average molecular weight is 417 g/mol. The van der Waals surface area contributed by atoms with Crippen molar-refractivity contribution in [2.24, 2.45) is 7.05 Å². The number of anilines is 1. The highest BCUT2D eigenvalue weighted by atomic mass is 32.2. The molecule has 28 heavy (non-hydrogen) atoms. The fourth-order valence-corrected chi connectivity index (χ4v) is 4.54. The van der Waals surface area contributed by atoms with Crippen LogP contribution in [0.15, 0.2) is 22.4 Å². The van der Waals surface area contributed by atoms with Gasteiger partial charge in [-0.05, 0) is 18.6 Å². The van der Waals surface area contributed by atoms with Gasteiger partial charge in [0.15, 0.2) is 0 Å². The van der Waals surface area contributed by atoms with Gasteiger partial charge in [0.2, 0.25) is 0 Å². The molecule has 0 N–H and O–H groups in total. The van der Waals surface area contributed by atoms with Gasteiger partial charge in [0, 0.05) is 32.2 Å². The molecule has 0 aromatic carbocycles. The number of carbonyl (C=O) groups excluding carboxylic acids is 1. The molecule has 0 radical (unpaired) electrons. The summed E-state index contributed by atoms with van der Waals surface area (Å²) >= 11 is 6.52. The normalized spacial score (nSPS) is 18.7. The number of thioether (sulfide) groups is 1. The summed E-state index contributed by atoms with van der Waals surface area (Å²) < 4.78 is 7.37. The predicted octanol–water partition coefficient (Wildman–Crippen LogP) is 1.79. The number of morpholine rings is 1. The van der Waals surface area contributed by atoms with Crippen LogP contribution < -0.4 is 10.5 Å². The van der Waals surface area contributed by atoms with Crippen molar-refractivity contribution >= 4 is 46.1 Å². The van der Waals surface area contributed by atoms with Crippen molar-refractivity contribution in [1.82, 2.24) is 9.47 Å². The van der Waals surface area contributed by atoms with Crippen molar-refractivity contribution < 1.29 is 9.53 Å². The lowest BCUT2D eigenvalue weighted by molar-refractivity contribution is -0.121. The van der Waals surface area contributed by atoms with Gasteiger partial charge in [0.1, 0.15) is 21.8 Å². The Morgan fingerprint density at radius 3 is 2.64 bits per heavy atom. The van der Waals surface area contributed by atoms with E-state index in [0.717, 1.165) is 0 Å². The van der Waals surface area contributed by atoms with Crippen LogP contribution in [0, 0.1) is 18.3 Å². The summed E-state index contributed by atoms with van der Waals surface area (Å²) in [4.78, 5) is 29.4. The van der Waals surface area contributed by atoms with E-state index in [-0.39, 0.29) is 17.0 Å². The third-order valence-electron chi connectivity index (χ3n) is 4.74. The molecule has 1 aromatic rings. The van der Waals surface area contributed by atoms with E-state index in [1.165, 1.54) is 21.2 Å². The molecule has 0 bridgehead atoms. The SMILES string of the molecule is C=CCN1C(=O)C(=Cc2c(C)c(C#N)c(=O)n(C)c2N2CCOCC2)SC1=S.